The molecule has 0 saturated carbocycles. The molecular formula is C23H23NO2. The summed E-state index contributed by atoms with van der Waals surface area (Å²) in [5.41, 5.74) is 4.29. The van der Waals surface area contributed by atoms with Crippen LogP contribution in [0.5, 0.6) is 5.75 Å². The smallest absolute Gasteiger partial charge is 0.265 e. The Labute approximate surface area is 154 Å². The molecule has 1 atom stereocenters. The number of ether oxygens (including phenoxy) is 1. The number of amides is 1. The molecule has 1 amide bonds. The molecule has 0 aromatic heterocycles. The molecule has 0 spiro atoms. The van der Waals surface area contributed by atoms with E-state index in [4.69, 9.17) is 4.74 Å². The summed E-state index contributed by atoms with van der Waals surface area (Å²) in [7, 11) is 0. The molecule has 3 heteroatoms. The lowest BCUT2D eigenvalue weighted by atomic mass is 10.1. The second kappa shape index (κ2) is 8.34. The fourth-order valence-corrected chi connectivity index (χ4v) is 2.68. The molecule has 0 bridgehead atoms. The van der Waals surface area contributed by atoms with Crippen LogP contribution in [0.4, 0.5) is 5.69 Å². The van der Waals surface area contributed by atoms with Gasteiger partial charge in [-0.1, -0.05) is 61.5 Å². The van der Waals surface area contributed by atoms with Crippen molar-refractivity contribution in [2.75, 3.05) is 5.32 Å². The number of hydrogen-bond acceptors (Lipinski definition) is 2. The van der Waals surface area contributed by atoms with Crippen LogP contribution in [0.2, 0.25) is 0 Å². The summed E-state index contributed by atoms with van der Waals surface area (Å²) in [4.78, 5) is 12.3. The van der Waals surface area contributed by atoms with Crippen LogP contribution in [-0.2, 0) is 11.2 Å². The average Bonchev–Trinajstić information content (AvgIpc) is 2.70. The standard InChI is InChI=1S/C23H23NO2/c1-3-18-9-13-21(14-10-18)24-23(25)17(2)26-22-15-11-20(12-16-22)19-7-5-4-6-8-19/h4-17H,3H2,1-2H3,(H,24,25)/t17-/m1/s1. The predicted molar refractivity (Wildman–Crippen MR) is 106 cm³/mol. The highest BCUT2D eigenvalue weighted by atomic mass is 16.5. The van der Waals surface area contributed by atoms with Crippen LogP contribution in [0, 0.1) is 0 Å². The minimum atomic E-state index is -0.580. The normalized spacial score (nSPS) is 11.6. The molecule has 132 valence electrons. The maximum atomic E-state index is 12.3. The Hall–Kier alpha value is -3.07. The third kappa shape index (κ3) is 4.51. The van der Waals surface area contributed by atoms with E-state index in [0.29, 0.717) is 5.75 Å². The zero-order valence-electron chi connectivity index (χ0n) is 15.1. The minimum Gasteiger partial charge on any atom is -0.481 e. The predicted octanol–water partition coefficient (Wildman–Crippen LogP) is 5.32. The first-order valence-corrected chi connectivity index (χ1v) is 8.87. The van der Waals surface area contributed by atoms with Gasteiger partial charge >= 0.3 is 0 Å². The number of benzene rings is 3. The van der Waals surface area contributed by atoms with Crippen LogP contribution < -0.4 is 10.1 Å². The van der Waals surface area contributed by atoms with E-state index < -0.39 is 6.10 Å². The van der Waals surface area contributed by atoms with Crippen molar-refractivity contribution in [1.82, 2.24) is 0 Å². The highest BCUT2D eigenvalue weighted by Crippen LogP contribution is 2.22. The maximum absolute atomic E-state index is 12.3. The van der Waals surface area contributed by atoms with Gasteiger partial charge in [-0.05, 0) is 54.3 Å². The molecule has 3 nitrogen and oxygen atoms in total. The number of carbonyl (C=O) groups excluding carboxylic acids is 1. The van der Waals surface area contributed by atoms with Gasteiger partial charge in [-0.2, -0.15) is 0 Å². The van der Waals surface area contributed by atoms with E-state index in [2.05, 4.69) is 24.4 Å². The molecule has 0 aliphatic heterocycles. The molecule has 0 radical (unpaired) electrons. The summed E-state index contributed by atoms with van der Waals surface area (Å²) in [6, 6.07) is 25.8. The lowest BCUT2D eigenvalue weighted by Gasteiger charge is -2.15. The molecule has 0 aliphatic carbocycles. The second-order valence-electron chi connectivity index (χ2n) is 6.19. The van der Waals surface area contributed by atoms with Crippen LogP contribution in [0.1, 0.15) is 19.4 Å². The van der Waals surface area contributed by atoms with Gasteiger partial charge in [0, 0.05) is 5.69 Å². The number of anilines is 1. The molecule has 1 N–H and O–H groups in total. The van der Waals surface area contributed by atoms with Crippen molar-refractivity contribution in [1.29, 1.82) is 0 Å². The zero-order chi connectivity index (χ0) is 18.4. The van der Waals surface area contributed by atoms with Crippen LogP contribution in [0.25, 0.3) is 11.1 Å². The van der Waals surface area contributed by atoms with Crippen molar-refractivity contribution in [3.8, 4) is 16.9 Å². The van der Waals surface area contributed by atoms with Gasteiger partial charge in [0.25, 0.3) is 5.91 Å². The van der Waals surface area contributed by atoms with Gasteiger partial charge in [0.2, 0.25) is 0 Å². The molecule has 0 saturated heterocycles. The Morgan fingerprint density at radius 3 is 2.12 bits per heavy atom. The first-order chi connectivity index (χ1) is 12.7. The van der Waals surface area contributed by atoms with Crippen molar-refractivity contribution in [2.45, 2.75) is 26.4 Å². The molecule has 0 heterocycles. The van der Waals surface area contributed by atoms with E-state index in [1.165, 1.54) is 5.56 Å². The van der Waals surface area contributed by atoms with Gasteiger partial charge in [0.1, 0.15) is 5.75 Å². The fraction of sp³-hybridized carbons (Fsp3) is 0.174. The number of hydrogen-bond donors (Lipinski definition) is 1. The molecule has 26 heavy (non-hydrogen) atoms. The highest BCUT2D eigenvalue weighted by molar-refractivity contribution is 5.94. The minimum absolute atomic E-state index is 0.165. The first kappa shape index (κ1) is 17.7. The fourth-order valence-electron chi connectivity index (χ4n) is 2.68. The summed E-state index contributed by atoms with van der Waals surface area (Å²) >= 11 is 0. The number of aryl methyl sites for hydroxylation is 1. The highest BCUT2D eigenvalue weighted by Gasteiger charge is 2.15. The summed E-state index contributed by atoms with van der Waals surface area (Å²) in [6.45, 7) is 3.85. The van der Waals surface area contributed by atoms with Gasteiger partial charge < -0.3 is 10.1 Å². The third-order valence-electron chi connectivity index (χ3n) is 4.27. The number of carbonyl (C=O) groups is 1. The van der Waals surface area contributed by atoms with Crippen molar-refractivity contribution >= 4 is 11.6 Å². The lowest BCUT2D eigenvalue weighted by molar-refractivity contribution is -0.122. The van der Waals surface area contributed by atoms with E-state index in [1.54, 1.807) is 6.92 Å². The van der Waals surface area contributed by atoms with E-state index in [9.17, 15) is 4.79 Å². The number of rotatable bonds is 6. The van der Waals surface area contributed by atoms with Gasteiger partial charge in [-0.25, -0.2) is 0 Å². The van der Waals surface area contributed by atoms with Crippen molar-refractivity contribution in [3.05, 3.63) is 84.4 Å². The first-order valence-electron chi connectivity index (χ1n) is 8.87. The summed E-state index contributed by atoms with van der Waals surface area (Å²) in [6.07, 6.45) is 0.399. The van der Waals surface area contributed by atoms with E-state index >= 15 is 0 Å². The number of nitrogens with one attached hydrogen (secondary N) is 1. The van der Waals surface area contributed by atoms with E-state index in [0.717, 1.165) is 23.2 Å². The summed E-state index contributed by atoms with van der Waals surface area (Å²) < 4.78 is 5.77. The molecule has 0 unspecified atom stereocenters. The Bertz CT molecular complexity index is 840. The monoisotopic (exact) mass is 345 g/mol. The van der Waals surface area contributed by atoms with E-state index in [-0.39, 0.29) is 5.91 Å². The van der Waals surface area contributed by atoms with Crippen LogP contribution >= 0.6 is 0 Å². The molecule has 3 aromatic carbocycles. The molecule has 3 aromatic rings. The Morgan fingerprint density at radius 2 is 1.50 bits per heavy atom. The zero-order valence-corrected chi connectivity index (χ0v) is 15.1. The largest absolute Gasteiger partial charge is 0.481 e. The molecule has 3 rings (SSSR count). The summed E-state index contributed by atoms with van der Waals surface area (Å²) in [5.74, 6) is 0.509. The van der Waals surface area contributed by atoms with Crippen LogP contribution in [0.3, 0.4) is 0 Å². The Kier molecular flexibility index (Phi) is 5.69. The van der Waals surface area contributed by atoms with Crippen molar-refractivity contribution in [2.24, 2.45) is 0 Å². The molecule has 0 fully saturated rings. The Balaban J connectivity index is 1.59. The lowest BCUT2D eigenvalue weighted by Crippen LogP contribution is -2.30. The van der Waals surface area contributed by atoms with Gasteiger partial charge in [-0.3, -0.25) is 4.79 Å². The summed E-state index contributed by atoms with van der Waals surface area (Å²) in [5, 5.41) is 2.89. The van der Waals surface area contributed by atoms with E-state index in [1.807, 2.05) is 66.7 Å². The SMILES string of the molecule is CCc1ccc(NC(=O)[C@@H](C)Oc2ccc(-c3ccccc3)cc2)cc1. The van der Waals surface area contributed by atoms with Crippen molar-refractivity contribution < 1.29 is 9.53 Å². The van der Waals surface area contributed by atoms with Crippen molar-refractivity contribution in [3.63, 3.8) is 0 Å². The third-order valence-corrected chi connectivity index (χ3v) is 4.27. The average molecular weight is 345 g/mol. The quantitative estimate of drug-likeness (QED) is 0.656. The Morgan fingerprint density at radius 1 is 0.885 bits per heavy atom. The topological polar surface area (TPSA) is 38.3 Å². The molecule has 0 aliphatic rings. The molecular weight excluding hydrogens is 322 g/mol. The van der Waals surface area contributed by atoms with Crippen LogP contribution in [0.15, 0.2) is 78.9 Å². The van der Waals surface area contributed by atoms with Gasteiger partial charge in [-0.15, -0.1) is 0 Å². The van der Waals surface area contributed by atoms with Gasteiger partial charge in [0.15, 0.2) is 6.10 Å². The van der Waals surface area contributed by atoms with Gasteiger partial charge in [0.05, 0.1) is 0 Å². The van der Waals surface area contributed by atoms with Crippen LogP contribution in [-0.4, -0.2) is 12.0 Å². The second-order valence-corrected chi connectivity index (χ2v) is 6.19. The maximum Gasteiger partial charge on any atom is 0.265 e.